The second kappa shape index (κ2) is 7.78. The lowest BCUT2D eigenvalue weighted by Gasteiger charge is -2.10. The van der Waals surface area contributed by atoms with Crippen molar-refractivity contribution in [3.63, 3.8) is 0 Å². The van der Waals surface area contributed by atoms with Crippen LogP contribution < -0.4 is 10.1 Å². The highest BCUT2D eigenvalue weighted by molar-refractivity contribution is 9.10. The maximum absolute atomic E-state index is 13.6. The Balaban J connectivity index is 2.03. The van der Waals surface area contributed by atoms with Crippen LogP contribution in [0.2, 0.25) is 0 Å². The number of methoxy groups -OCH3 is 1. The van der Waals surface area contributed by atoms with Crippen LogP contribution in [0.4, 0.5) is 10.1 Å². The normalized spacial score (nSPS) is 10.1. The van der Waals surface area contributed by atoms with Crippen LogP contribution in [0.25, 0.3) is 0 Å². The molecule has 1 amide bonds. The molecule has 0 bridgehead atoms. The summed E-state index contributed by atoms with van der Waals surface area (Å²) >= 11 is 3.11. The van der Waals surface area contributed by atoms with E-state index < -0.39 is 24.3 Å². The van der Waals surface area contributed by atoms with Gasteiger partial charge in [-0.25, -0.2) is 9.18 Å². The number of esters is 1. The van der Waals surface area contributed by atoms with Gasteiger partial charge in [-0.15, -0.1) is 0 Å². The average molecular weight is 398 g/mol. The molecule has 24 heavy (non-hydrogen) atoms. The van der Waals surface area contributed by atoms with E-state index in [-0.39, 0.29) is 22.7 Å². The SMILES string of the molecule is COC(=O)c1ccc(O)c(NC(=O)COc2ccc(Br)cc2F)c1. The summed E-state index contributed by atoms with van der Waals surface area (Å²) in [6, 6.07) is 8.02. The van der Waals surface area contributed by atoms with Gasteiger partial charge in [-0.05, 0) is 36.4 Å². The zero-order valence-electron chi connectivity index (χ0n) is 12.5. The van der Waals surface area contributed by atoms with E-state index in [1.165, 1.54) is 37.4 Å². The summed E-state index contributed by atoms with van der Waals surface area (Å²) in [5.41, 5.74) is 0.174. The predicted octanol–water partition coefficient (Wildman–Crippen LogP) is 3.10. The zero-order valence-corrected chi connectivity index (χ0v) is 14.1. The van der Waals surface area contributed by atoms with Gasteiger partial charge in [0, 0.05) is 4.47 Å². The van der Waals surface area contributed by atoms with E-state index in [1.54, 1.807) is 6.07 Å². The molecule has 0 heterocycles. The van der Waals surface area contributed by atoms with Crippen molar-refractivity contribution in [1.82, 2.24) is 0 Å². The fourth-order valence-corrected chi connectivity index (χ4v) is 2.14. The molecule has 0 spiro atoms. The molecule has 0 saturated carbocycles. The molecule has 8 heteroatoms. The Morgan fingerprint density at radius 3 is 2.67 bits per heavy atom. The number of carbonyl (C=O) groups is 2. The van der Waals surface area contributed by atoms with E-state index >= 15 is 0 Å². The van der Waals surface area contributed by atoms with Gasteiger partial charge < -0.3 is 19.9 Å². The first kappa shape index (κ1) is 17.7. The number of hydrogen-bond acceptors (Lipinski definition) is 5. The number of halogens is 2. The summed E-state index contributed by atoms with van der Waals surface area (Å²) in [4.78, 5) is 23.3. The van der Waals surface area contributed by atoms with Gasteiger partial charge in [-0.1, -0.05) is 15.9 Å². The highest BCUT2D eigenvalue weighted by atomic mass is 79.9. The molecular weight excluding hydrogens is 385 g/mol. The van der Waals surface area contributed by atoms with Gasteiger partial charge in [0.1, 0.15) is 5.75 Å². The molecule has 2 rings (SSSR count). The summed E-state index contributed by atoms with van der Waals surface area (Å²) < 4.78 is 23.8. The quantitative estimate of drug-likeness (QED) is 0.598. The van der Waals surface area contributed by atoms with Crippen LogP contribution in [0.5, 0.6) is 11.5 Å². The first-order valence-electron chi connectivity index (χ1n) is 6.69. The van der Waals surface area contributed by atoms with E-state index in [9.17, 15) is 19.1 Å². The number of rotatable bonds is 5. The van der Waals surface area contributed by atoms with Crippen LogP contribution in [0.1, 0.15) is 10.4 Å². The summed E-state index contributed by atoms with van der Waals surface area (Å²) in [5, 5.41) is 12.1. The number of benzene rings is 2. The average Bonchev–Trinajstić information content (AvgIpc) is 2.55. The summed E-state index contributed by atoms with van der Waals surface area (Å²) in [6.07, 6.45) is 0. The van der Waals surface area contributed by atoms with Crippen molar-refractivity contribution in [2.24, 2.45) is 0 Å². The standard InChI is InChI=1S/C16H13BrFNO5/c1-23-16(22)9-2-4-13(20)12(6-9)19-15(21)8-24-14-5-3-10(17)7-11(14)18/h2-7,20H,8H2,1H3,(H,19,21). The Labute approximate surface area is 145 Å². The number of carbonyl (C=O) groups excluding carboxylic acids is 2. The largest absolute Gasteiger partial charge is 0.506 e. The van der Waals surface area contributed by atoms with Gasteiger partial charge in [0.2, 0.25) is 0 Å². The molecule has 6 nitrogen and oxygen atoms in total. The number of hydrogen-bond donors (Lipinski definition) is 2. The second-order valence-electron chi connectivity index (χ2n) is 4.64. The lowest BCUT2D eigenvalue weighted by Crippen LogP contribution is -2.20. The number of amides is 1. The fourth-order valence-electron chi connectivity index (χ4n) is 1.80. The van der Waals surface area contributed by atoms with Crippen molar-refractivity contribution < 1.29 is 28.6 Å². The maximum atomic E-state index is 13.6. The monoisotopic (exact) mass is 397 g/mol. The third-order valence-electron chi connectivity index (χ3n) is 2.94. The lowest BCUT2D eigenvalue weighted by molar-refractivity contribution is -0.118. The second-order valence-corrected chi connectivity index (χ2v) is 5.55. The van der Waals surface area contributed by atoms with E-state index in [0.717, 1.165) is 0 Å². The van der Waals surface area contributed by atoms with Gasteiger partial charge in [0.05, 0.1) is 18.4 Å². The first-order chi connectivity index (χ1) is 11.4. The Morgan fingerprint density at radius 2 is 2.00 bits per heavy atom. The van der Waals surface area contributed by atoms with E-state index in [1.807, 2.05) is 0 Å². The molecule has 0 radical (unpaired) electrons. The number of ether oxygens (including phenoxy) is 2. The highest BCUT2D eigenvalue weighted by Crippen LogP contribution is 2.25. The van der Waals surface area contributed by atoms with Crippen LogP contribution in [0, 0.1) is 5.82 Å². The number of phenolic OH excluding ortho intramolecular Hbond substituents is 1. The molecule has 0 aliphatic heterocycles. The molecule has 0 aliphatic carbocycles. The minimum atomic E-state index is -0.630. The number of phenols is 1. The summed E-state index contributed by atoms with van der Waals surface area (Å²) in [6.45, 7) is -0.472. The van der Waals surface area contributed by atoms with Gasteiger partial charge in [0.25, 0.3) is 5.91 Å². The Kier molecular flexibility index (Phi) is 5.75. The molecule has 126 valence electrons. The van der Waals surface area contributed by atoms with Crippen molar-refractivity contribution in [3.8, 4) is 11.5 Å². The topological polar surface area (TPSA) is 84.9 Å². The highest BCUT2D eigenvalue weighted by Gasteiger charge is 2.13. The molecule has 0 aromatic heterocycles. The van der Waals surface area contributed by atoms with Crippen LogP contribution in [-0.4, -0.2) is 30.7 Å². The molecular formula is C16H13BrFNO5. The Morgan fingerprint density at radius 1 is 1.25 bits per heavy atom. The van der Waals surface area contributed by atoms with Crippen LogP contribution in [0.3, 0.4) is 0 Å². The number of nitrogens with one attached hydrogen (secondary N) is 1. The van der Waals surface area contributed by atoms with Gasteiger partial charge >= 0.3 is 5.97 Å². The molecule has 2 N–H and O–H groups in total. The number of aromatic hydroxyl groups is 1. The van der Waals surface area contributed by atoms with Crippen LogP contribution in [-0.2, 0) is 9.53 Å². The third-order valence-corrected chi connectivity index (χ3v) is 3.44. The van der Waals surface area contributed by atoms with Crippen molar-refractivity contribution in [1.29, 1.82) is 0 Å². The van der Waals surface area contributed by atoms with Crippen molar-refractivity contribution in [2.75, 3.05) is 19.0 Å². The van der Waals surface area contributed by atoms with E-state index in [0.29, 0.717) is 4.47 Å². The zero-order chi connectivity index (χ0) is 17.7. The smallest absolute Gasteiger partial charge is 0.337 e. The predicted molar refractivity (Wildman–Crippen MR) is 87.7 cm³/mol. The van der Waals surface area contributed by atoms with Crippen molar-refractivity contribution in [3.05, 3.63) is 52.3 Å². The van der Waals surface area contributed by atoms with Crippen LogP contribution >= 0.6 is 15.9 Å². The lowest BCUT2D eigenvalue weighted by atomic mass is 10.2. The molecule has 2 aromatic rings. The first-order valence-corrected chi connectivity index (χ1v) is 7.49. The molecule has 0 fully saturated rings. The Bertz CT molecular complexity index is 781. The van der Waals surface area contributed by atoms with Gasteiger partial charge in [-0.3, -0.25) is 4.79 Å². The van der Waals surface area contributed by atoms with E-state index in [4.69, 9.17) is 4.74 Å². The van der Waals surface area contributed by atoms with Gasteiger partial charge in [0.15, 0.2) is 18.2 Å². The molecule has 2 aromatic carbocycles. The third kappa shape index (κ3) is 4.45. The summed E-state index contributed by atoms with van der Waals surface area (Å²) in [7, 11) is 1.22. The van der Waals surface area contributed by atoms with Crippen molar-refractivity contribution >= 4 is 33.5 Å². The maximum Gasteiger partial charge on any atom is 0.337 e. The minimum Gasteiger partial charge on any atom is -0.506 e. The van der Waals surface area contributed by atoms with Crippen molar-refractivity contribution in [2.45, 2.75) is 0 Å². The molecule has 0 atom stereocenters. The molecule has 0 unspecified atom stereocenters. The Hall–Kier alpha value is -2.61. The number of anilines is 1. The minimum absolute atomic E-state index is 0.0165. The van der Waals surface area contributed by atoms with Crippen LogP contribution in [0.15, 0.2) is 40.9 Å². The fraction of sp³-hybridized carbons (Fsp3) is 0.125. The molecule has 0 saturated heterocycles. The summed E-state index contributed by atoms with van der Waals surface area (Å²) in [5.74, 6) is -2.17. The van der Waals surface area contributed by atoms with E-state index in [2.05, 4.69) is 26.0 Å². The van der Waals surface area contributed by atoms with Gasteiger partial charge in [-0.2, -0.15) is 0 Å². The molecule has 0 aliphatic rings.